The number of hydrogen-bond donors (Lipinski definition) is 1. The minimum absolute atomic E-state index is 0.232. The van der Waals surface area contributed by atoms with Gasteiger partial charge in [-0.05, 0) is 26.0 Å². The minimum atomic E-state index is -0.232. The third-order valence-electron chi connectivity index (χ3n) is 2.94. The highest BCUT2D eigenvalue weighted by atomic mass is 19.1. The van der Waals surface area contributed by atoms with Crippen molar-refractivity contribution < 1.29 is 9.13 Å². The van der Waals surface area contributed by atoms with Gasteiger partial charge in [-0.25, -0.2) is 9.37 Å². The lowest BCUT2D eigenvalue weighted by molar-refractivity contribution is 0.205. The molecule has 0 amide bonds. The molecule has 0 aliphatic rings. The molecule has 1 aromatic heterocycles. The Bertz CT molecular complexity index is 374. The third kappa shape index (κ3) is 4.76. The van der Waals surface area contributed by atoms with Crippen LogP contribution in [0.4, 0.5) is 10.2 Å². The molecule has 5 heteroatoms. The van der Waals surface area contributed by atoms with Gasteiger partial charge >= 0.3 is 0 Å². The number of nitrogens with one attached hydrogen (secondary N) is 1. The summed E-state index contributed by atoms with van der Waals surface area (Å²) in [6.07, 6.45) is 2.70. The molecule has 1 aromatic rings. The molecule has 0 aliphatic carbocycles. The lowest BCUT2D eigenvalue weighted by Gasteiger charge is -2.22. The number of nitrogens with zero attached hydrogens (tertiary/aromatic N) is 2. The second kappa shape index (κ2) is 8.82. The van der Waals surface area contributed by atoms with E-state index in [1.165, 1.54) is 0 Å². The number of hydrogen-bond acceptors (Lipinski definition) is 4. The van der Waals surface area contributed by atoms with Gasteiger partial charge < -0.3 is 15.0 Å². The van der Waals surface area contributed by atoms with Gasteiger partial charge in [-0.15, -0.1) is 0 Å². The molecule has 19 heavy (non-hydrogen) atoms. The van der Waals surface area contributed by atoms with Crippen molar-refractivity contribution in [2.24, 2.45) is 0 Å². The summed E-state index contributed by atoms with van der Waals surface area (Å²) >= 11 is 0. The summed E-state index contributed by atoms with van der Waals surface area (Å²) in [5.74, 6) is 0.180. The third-order valence-corrected chi connectivity index (χ3v) is 2.94. The van der Waals surface area contributed by atoms with Gasteiger partial charge in [-0.1, -0.05) is 6.92 Å². The lowest BCUT2D eigenvalue weighted by atomic mass is 10.2. The van der Waals surface area contributed by atoms with E-state index in [4.69, 9.17) is 4.74 Å². The first-order valence-electron chi connectivity index (χ1n) is 6.82. The number of likely N-dealkylation sites (N-methyl/N-ethyl adjacent to an activating group) is 1. The molecule has 4 nitrogen and oxygen atoms in total. The summed E-state index contributed by atoms with van der Waals surface area (Å²) in [5.41, 5.74) is 0.661. The highest BCUT2D eigenvalue weighted by molar-refractivity contribution is 5.43. The molecule has 1 N–H and O–H groups in total. The highest BCUT2D eigenvalue weighted by Gasteiger charge is 2.14. The normalized spacial score (nSPS) is 10.7. The quantitative estimate of drug-likeness (QED) is 0.697. The molecule has 0 saturated heterocycles. The van der Waals surface area contributed by atoms with Crippen LogP contribution in [0.1, 0.15) is 25.8 Å². The smallest absolute Gasteiger partial charge is 0.170 e. The lowest BCUT2D eigenvalue weighted by Crippen LogP contribution is -2.29. The Labute approximate surface area is 115 Å². The van der Waals surface area contributed by atoms with Crippen LogP contribution in [0.15, 0.2) is 12.3 Å². The van der Waals surface area contributed by atoms with Crippen molar-refractivity contribution in [3.05, 3.63) is 23.6 Å². The van der Waals surface area contributed by atoms with Gasteiger partial charge in [0.1, 0.15) is 0 Å². The molecule has 0 atom stereocenters. The first kappa shape index (κ1) is 15.9. The molecular formula is C14H24FN3O. The Morgan fingerprint density at radius 2 is 2.21 bits per heavy atom. The Balaban J connectivity index is 2.79. The van der Waals surface area contributed by atoms with Crippen LogP contribution in [0.3, 0.4) is 0 Å². The van der Waals surface area contributed by atoms with E-state index >= 15 is 0 Å². The van der Waals surface area contributed by atoms with Crippen molar-refractivity contribution >= 4 is 5.82 Å². The highest BCUT2D eigenvalue weighted by Crippen LogP contribution is 2.19. The maximum atomic E-state index is 14.4. The van der Waals surface area contributed by atoms with Gasteiger partial charge in [0.05, 0.1) is 6.61 Å². The standard InChI is InChI=1S/C14H24FN3O/c1-4-7-16-11-12-6-8-17-14(13(12)15)18(5-2)9-10-19-3/h6,8,16H,4-5,7,9-11H2,1-3H3. The summed E-state index contributed by atoms with van der Waals surface area (Å²) in [6.45, 7) is 7.41. The van der Waals surface area contributed by atoms with E-state index in [-0.39, 0.29) is 5.82 Å². The van der Waals surface area contributed by atoms with Crippen LogP contribution >= 0.6 is 0 Å². The molecule has 0 saturated carbocycles. The first-order chi connectivity index (χ1) is 9.24. The van der Waals surface area contributed by atoms with Gasteiger partial charge in [-0.2, -0.15) is 0 Å². The zero-order valence-corrected chi connectivity index (χ0v) is 12.1. The Kier molecular flexibility index (Phi) is 7.36. The average molecular weight is 269 g/mol. The number of anilines is 1. The van der Waals surface area contributed by atoms with Crippen LogP contribution in [0, 0.1) is 5.82 Å². The van der Waals surface area contributed by atoms with Crippen LogP contribution in [-0.4, -0.2) is 38.3 Å². The Hall–Kier alpha value is -1.20. The van der Waals surface area contributed by atoms with E-state index in [9.17, 15) is 4.39 Å². The minimum Gasteiger partial charge on any atom is -0.383 e. The predicted octanol–water partition coefficient (Wildman–Crippen LogP) is 2.19. The van der Waals surface area contributed by atoms with Crippen LogP contribution < -0.4 is 10.2 Å². The van der Waals surface area contributed by atoms with Crippen molar-refractivity contribution in [3.63, 3.8) is 0 Å². The van der Waals surface area contributed by atoms with E-state index in [0.717, 1.165) is 13.0 Å². The maximum absolute atomic E-state index is 14.4. The molecule has 0 unspecified atom stereocenters. The van der Waals surface area contributed by atoms with E-state index < -0.39 is 0 Å². The molecule has 1 heterocycles. The summed E-state index contributed by atoms with van der Waals surface area (Å²) in [5, 5.41) is 3.21. The van der Waals surface area contributed by atoms with Crippen molar-refractivity contribution in [3.8, 4) is 0 Å². The summed E-state index contributed by atoms with van der Waals surface area (Å²) in [4.78, 5) is 6.05. The molecular weight excluding hydrogens is 245 g/mol. The molecule has 0 radical (unpaired) electrons. The Morgan fingerprint density at radius 1 is 1.42 bits per heavy atom. The van der Waals surface area contributed by atoms with Crippen molar-refractivity contribution in [2.45, 2.75) is 26.8 Å². The van der Waals surface area contributed by atoms with Crippen LogP contribution in [0.2, 0.25) is 0 Å². The molecule has 0 aromatic carbocycles. The molecule has 108 valence electrons. The average Bonchev–Trinajstić information content (AvgIpc) is 2.43. The maximum Gasteiger partial charge on any atom is 0.170 e. The van der Waals surface area contributed by atoms with Gasteiger partial charge in [0.25, 0.3) is 0 Å². The number of halogens is 1. The second-order valence-electron chi connectivity index (χ2n) is 4.36. The van der Waals surface area contributed by atoms with Crippen molar-refractivity contribution in [1.29, 1.82) is 0 Å². The van der Waals surface area contributed by atoms with Gasteiger partial charge in [0, 0.05) is 38.5 Å². The predicted molar refractivity (Wildman–Crippen MR) is 76.0 cm³/mol. The number of aromatic nitrogens is 1. The van der Waals surface area contributed by atoms with Crippen molar-refractivity contribution in [2.75, 3.05) is 38.3 Å². The summed E-state index contributed by atoms with van der Waals surface area (Å²) in [7, 11) is 1.64. The van der Waals surface area contributed by atoms with E-state index in [0.29, 0.717) is 37.6 Å². The van der Waals surface area contributed by atoms with Crippen LogP contribution in [-0.2, 0) is 11.3 Å². The topological polar surface area (TPSA) is 37.4 Å². The zero-order valence-electron chi connectivity index (χ0n) is 12.1. The van der Waals surface area contributed by atoms with Crippen LogP contribution in [0.5, 0.6) is 0 Å². The number of rotatable bonds is 9. The Morgan fingerprint density at radius 3 is 2.84 bits per heavy atom. The van der Waals surface area contributed by atoms with Crippen LogP contribution in [0.25, 0.3) is 0 Å². The van der Waals surface area contributed by atoms with Crippen molar-refractivity contribution in [1.82, 2.24) is 10.3 Å². The van der Waals surface area contributed by atoms with Gasteiger partial charge in [-0.3, -0.25) is 0 Å². The largest absolute Gasteiger partial charge is 0.383 e. The zero-order chi connectivity index (χ0) is 14.1. The van der Waals surface area contributed by atoms with Gasteiger partial charge in [0.2, 0.25) is 0 Å². The molecule has 0 bridgehead atoms. The molecule has 1 rings (SSSR count). The van der Waals surface area contributed by atoms with E-state index in [1.54, 1.807) is 19.4 Å². The summed E-state index contributed by atoms with van der Waals surface area (Å²) < 4.78 is 19.4. The van der Waals surface area contributed by atoms with E-state index in [1.807, 2.05) is 11.8 Å². The van der Waals surface area contributed by atoms with E-state index in [2.05, 4.69) is 17.2 Å². The fraction of sp³-hybridized carbons (Fsp3) is 0.643. The monoisotopic (exact) mass is 269 g/mol. The summed E-state index contributed by atoms with van der Waals surface area (Å²) in [6, 6.07) is 1.73. The number of ether oxygens (including phenoxy) is 1. The van der Waals surface area contributed by atoms with Gasteiger partial charge in [0.15, 0.2) is 11.6 Å². The molecule has 0 fully saturated rings. The number of pyridine rings is 1. The number of methoxy groups -OCH3 is 1. The molecule has 0 aliphatic heterocycles. The fourth-order valence-corrected chi connectivity index (χ4v) is 1.84. The molecule has 0 spiro atoms. The SMILES string of the molecule is CCCNCc1ccnc(N(CC)CCOC)c1F. The first-order valence-corrected chi connectivity index (χ1v) is 6.82. The second-order valence-corrected chi connectivity index (χ2v) is 4.36. The fourth-order valence-electron chi connectivity index (χ4n) is 1.84.